The van der Waals surface area contributed by atoms with Crippen molar-refractivity contribution in [2.45, 2.75) is 0 Å². The van der Waals surface area contributed by atoms with E-state index in [2.05, 4.69) is 20.3 Å². The number of halogens is 1. The van der Waals surface area contributed by atoms with Crippen molar-refractivity contribution in [2.75, 3.05) is 36.0 Å². The number of primary amides is 1. The first kappa shape index (κ1) is 19.4. The van der Waals surface area contributed by atoms with E-state index >= 15 is 0 Å². The average molecular weight is 403 g/mol. The highest BCUT2D eigenvalue weighted by molar-refractivity contribution is 6.30. The zero-order valence-corrected chi connectivity index (χ0v) is 15.7. The highest BCUT2D eigenvalue weighted by atomic mass is 35.5. The van der Waals surface area contributed by atoms with Crippen molar-refractivity contribution in [1.82, 2.24) is 5.43 Å². The molecule has 3 rings (SSSR count). The van der Waals surface area contributed by atoms with Gasteiger partial charge < -0.3 is 15.5 Å². The standard InChI is InChI=1S/C18H19ClN6O3/c19-14-2-1-3-15(11-14)23-6-8-24(9-7-23)17-5-4-16(25(27)28)10-13(17)12-21-22-18(20)26/h1-5,10-12H,6-9H2,(H3,20,22,26)/b21-12+. The van der Waals surface area contributed by atoms with Crippen LogP contribution >= 0.6 is 11.6 Å². The zero-order valence-electron chi connectivity index (χ0n) is 14.9. The van der Waals surface area contributed by atoms with Crippen LogP contribution in [-0.2, 0) is 0 Å². The van der Waals surface area contributed by atoms with Gasteiger partial charge in [0.05, 0.1) is 11.1 Å². The highest BCUT2D eigenvalue weighted by Crippen LogP contribution is 2.27. The molecule has 0 atom stereocenters. The van der Waals surface area contributed by atoms with Gasteiger partial charge in [0.15, 0.2) is 0 Å². The molecule has 1 aliphatic rings. The number of hydrogen-bond acceptors (Lipinski definition) is 6. The summed E-state index contributed by atoms with van der Waals surface area (Å²) in [6.07, 6.45) is 1.36. The number of urea groups is 1. The smallest absolute Gasteiger partial charge is 0.332 e. The first-order chi connectivity index (χ1) is 13.4. The highest BCUT2D eigenvalue weighted by Gasteiger charge is 2.21. The summed E-state index contributed by atoms with van der Waals surface area (Å²) < 4.78 is 0. The Balaban J connectivity index is 1.78. The van der Waals surface area contributed by atoms with Crippen molar-refractivity contribution < 1.29 is 9.72 Å². The Hall–Kier alpha value is -3.33. The number of nitrogens with two attached hydrogens (primary N) is 1. The Morgan fingerprint density at radius 2 is 1.89 bits per heavy atom. The largest absolute Gasteiger partial charge is 0.368 e. The quantitative estimate of drug-likeness (QED) is 0.453. The van der Waals surface area contributed by atoms with E-state index in [9.17, 15) is 14.9 Å². The molecular formula is C18H19ClN6O3. The molecule has 1 saturated heterocycles. The number of piperazine rings is 1. The molecule has 28 heavy (non-hydrogen) atoms. The molecule has 2 amide bonds. The van der Waals surface area contributed by atoms with Crippen LogP contribution in [0.3, 0.4) is 0 Å². The van der Waals surface area contributed by atoms with Gasteiger partial charge in [-0.05, 0) is 24.3 Å². The zero-order chi connectivity index (χ0) is 20.1. The minimum atomic E-state index is -0.807. The normalized spacial score (nSPS) is 14.3. The number of hydrogen-bond donors (Lipinski definition) is 2. The number of hydrazone groups is 1. The van der Waals surface area contributed by atoms with Gasteiger partial charge in [-0.3, -0.25) is 10.1 Å². The van der Waals surface area contributed by atoms with Gasteiger partial charge in [-0.25, -0.2) is 10.2 Å². The van der Waals surface area contributed by atoms with E-state index in [-0.39, 0.29) is 5.69 Å². The van der Waals surface area contributed by atoms with Gasteiger partial charge in [-0.15, -0.1) is 0 Å². The Labute approximate surface area is 166 Å². The van der Waals surface area contributed by atoms with Crippen LogP contribution in [0.25, 0.3) is 0 Å². The topological polar surface area (TPSA) is 117 Å². The number of nitro benzene ring substituents is 1. The second-order valence-electron chi connectivity index (χ2n) is 6.19. The number of anilines is 2. The Morgan fingerprint density at radius 3 is 2.54 bits per heavy atom. The second-order valence-corrected chi connectivity index (χ2v) is 6.62. The van der Waals surface area contributed by atoms with E-state index in [4.69, 9.17) is 17.3 Å². The predicted molar refractivity (Wildman–Crippen MR) is 109 cm³/mol. The molecule has 0 radical (unpaired) electrons. The Kier molecular flexibility index (Phi) is 5.95. The predicted octanol–water partition coefficient (Wildman–Crippen LogP) is 2.58. The van der Waals surface area contributed by atoms with Crippen molar-refractivity contribution in [3.05, 3.63) is 63.2 Å². The summed E-state index contributed by atoms with van der Waals surface area (Å²) in [6.45, 7) is 2.98. The van der Waals surface area contributed by atoms with E-state index in [1.807, 2.05) is 24.3 Å². The van der Waals surface area contributed by atoms with Gasteiger partial charge in [0.2, 0.25) is 0 Å². The number of nitrogens with one attached hydrogen (secondary N) is 1. The van der Waals surface area contributed by atoms with Crippen LogP contribution in [0.5, 0.6) is 0 Å². The maximum atomic E-state index is 11.1. The van der Waals surface area contributed by atoms with Crippen LogP contribution in [0.15, 0.2) is 47.6 Å². The first-order valence-corrected chi connectivity index (χ1v) is 8.94. The average Bonchev–Trinajstić information content (AvgIpc) is 2.68. The summed E-state index contributed by atoms with van der Waals surface area (Å²) in [4.78, 5) is 25.8. The van der Waals surface area contributed by atoms with Gasteiger partial charge in [0, 0.05) is 60.3 Å². The monoisotopic (exact) mass is 402 g/mol. The lowest BCUT2D eigenvalue weighted by molar-refractivity contribution is -0.384. The lowest BCUT2D eigenvalue weighted by Gasteiger charge is -2.38. The molecule has 0 aliphatic carbocycles. The van der Waals surface area contributed by atoms with Crippen molar-refractivity contribution in [3.63, 3.8) is 0 Å². The van der Waals surface area contributed by atoms with E-state index in [0.29, 0.717) is 23.7 Å². The van der Waals surface area contributed by atoms with Crippen molar-refractivity contribution in [3.8, 4) is 0 Å². The number of carbonyl (C=O) groups is 1. The Morgan fingerprint density at radius 1 is 1.18 bits per heavy atom. The number of nitrogens with zero attached hydrogens (tertiary/aromatic N) is 4. The Bertz CT molecular complexity index is 912. The van der Waals surface area contributed by atoms with Gasteiger partial charge in [-0.2, -0.15) is 5.10 Å². The fourth-order valence-corrected chi connectivity index (χ4v) is 3.28. The van der Waals surface area contributed by atoms with Crippen LogP contribution in [0.4, 0.5) is 21.9 Å². The van der Waals surface area contributed by atoms with E-state index in [0.717, 1.165) is 24.5 Å². The molecule has 1 fully saturated rings. The lowest BCUT2D eigenvalue weighted by Crippen LogP contribution is -2.46. The third-order valence-electron chi connectivity index (χ3n) is 4.39. The molecule has 3 N–H and O–H groups in total. The van der Waals surface area contributed by atoms with E-state index < -0.39 is 11.0 Å². The maximum Gasteiger partial charge on any atom is 0.332 e. The number of rotatable bonds is 5. The number of benzene rings is 2. The number of carbonyl (C=O) groups excluding carboxylic acids is 1. The molecule has 9 nitrogen and oxygen atoms in total. The molecule has 2 aromatic rings. The summed E-state index contributed by atoms with van der Waals surface area (Å²) in [5.41, 5.74) is 9.43. The minimum Gasteiger partial charge on any atom is -0.368 e. The molecule has 0 saturated carbocycles. The molecule has 2 aromatic carbocycles. The van der Waals surface area contributed by atoms with E-state index in [1.54, 1.807) is 6.07 Å². The number of non-ortho nitro benzene ring substituents is 1. The summed E-state index contributed by atoms with van der Waals surface area (Å²) in [5, 5.41) is 15.5. The van der Waals surface area contributed by atoms with Gasteiger partial charge >= 0.3 is 6.03 Å². The molecule has 0 aromatic heterocycles. The summed E-state index contributed by atoms with van der Waals surface area (Å²) in [7, 11) is 0. The first-order valence-electron chi connectivity index (χ1n) is 8.56. The van der Waals surface area contributed by atoms with Crippen LogP contribution in [0.1, 0.15) is 5.56 Å². The molecule has 1 heterocycles. The second kappa shape index (κ2) is 8.57. The van der Waals surface area contributed by atoms with Crippen LogP contribution in [0.2, 0.25) is 5.02 Å². The third kappa shape index (κ3) is 4.68. The lowest BCUT2D eigenvalue weighted by atomic mass is 10.1. The SMILES string of the molecule is NC(=O)N/N=C/c1cc([N+](=O)[O-])ccc1N1CCN(c2cccc(Cl)c2)CC1. The number of nitro groups is 1. The summed E-state index contributed by atoms with van der Waals surface area (Å²) >= 11 is 6.08. The van der Waals surface area contributed by atoms with Gasteiger partial charge in [0.1, 0.15) is 0 Å². The maximum absolute atomic E-state index is 11.1. The fourth-order valence-electron chi connectivity index (χ4n) is 3.09. The van der Waals surface area contributed by atoms with Crippen molar-refractivity contribution >= 4 is 40.9 Å². The molecule has 1 aliphatic heterocycles. The van der Waals surface area contributed by atoms with Gasteiger partial charge in [-0.1, -0.05) is 17.7 Å². The number of amides is 2. The molecule has 146 valence electrons. The summed E-state index contributed by atoms with van der Waals surface area (Å²) in [5.74, 6) is 0. The molecular weight excluding hydrogens is 384 g/mol. The molecule has 0 unspecified atom stereocenters. The molecule has 10 heteroatoms. The third-order valence-corrected chi connectivity index (χ3v) is 4.63. The van der Waals surface area contributed by atoms with Crippen LogP contribution in [-0.4, -0.2) is 43.3 Å². The summed E-state index contributed by atoms with van der Waals surface area (Å²) in [6, 6.07) is 11.5. The molecule has 0 spiro atoms. The van der Waals surface area contributed by atoms with Crippen molar-refractivity contribution in [2.24, 2.45) is 10.8 Å². The van der Waals surface area contributed by atoms with Gasteiger partial charge in [0.25, 0.3) is 5.69 Å². The van der Waals surface area contributed by atoms with Crippen LogP contribution < -0.4 is 21.0 Å². The molecule has 0 bridgehead atoms. The van der Waals surface area contributed by atoms with Crippen molar-refractivity contribution in [1.29, 1.82) is 0 Å². The fraction of sp³-hybridized carbons (Fsp3) is 0.222. The van der Waals surface area contributed by atoms with E-state index in [1.165, 1.54) is 18.3 Å². The van der Waals surface area contributed by atoms with Crippen LogP contribution in [0, 0.1) is 10.1 Å². The minimum absolute atomic E-state index is 0.0539.